The first-order valence-electron chi connectivity index (χ1n) is 5.36. The molecule has 1 saturated heterocycles. The lowest BCUT2D eigenvalue weighted by molar-refractivity contribution is -0.0942. The molecule has 7 heteroatoms. The highest BCUT2D eigenvalue weighted by Gasteiger charge is 2.17. The molecule has 0 unspecified atom stereocenters. The van der Waals surface area contributed by atoms with E-state index in [1.165, 1.54) is 6.20 Å². The Bertz CT molecular complexity index is 524. The fourth-order valence-electron chi connectivity index (χ4n) is 1.80. The number of rotatable bonds is 2. The number of aromatic nitrogens is 4. The zero-order chi connectivity index (χ0) is 11.7. The topological polar surface area (TPSA) is 62.1 Å². The maximum Gasteiger partial charge on any atom is 0.178 e. The van der Waals surface area contributed by atoms with E-state index in [1.54, 1.807) is 10.9 Å². The normalized spacial score (nSPS) is 20.9. The summed E-state index contributed by atoms with van der Waals surface area (Å²) < 4.78 is 12.6. The lowest BCUT2D eigenvalue weighted by Crippen LogP contribution is -2.32. The van der Waals surface area contributed by atoms with Gasteiger partial charge in [0.2, 0.25) is 0 Å². The minimum absolute atomic E-state index is 0.00707. The fraction of sp³-hybridized carbons (Fsp3) is 0.500. The SMILES string of the molecule is Clc1cnc2cnn(C[C@H]3COCCO3)c2n1. The van der Waals surface area contributed by atoms with Crippen molar-refractivity contribution in [2.45, 2.75) is 12.6 Å². The molecule has 1 aliphatic heterocycles. The molecule has 0 saturated carbocycles. The molecule has 0 bridgehead atoms. The number of nitrogens with zero attached hydrogens (tertiary/aromatic N) is 4. The fourth-order valence-corrected chi connectivity index (χ4v) is 1.93. The summed E-state index contributed by atoms with van der Waals surface area (Å²) in [5.41, 5.74) is 1.40. The molecule has 0 radical (unpaired) electrons. The van der Waals surface area contributed by atoms with Gasteiger partial charge in [-0.05, 0) is 0 Å². The van der Waals surface area contributed by atoms with Gasteiger partial charge in [-0.1, -0.05) is 11.6 Å². The molecule has 6 nitrogen and oxygen atoms in total. The monoisotopic (exact) mass is 254 g/mol. The van der Waals surface area contributed by atoms with Crippen molar-refractivity contribution in [3.63, 3.8) is 0 Å². The van der Waals surface area contributed by atoms with Crippen LogP contribution in [0.1, 0.15) is 0 Å². The van der Waals surface area contributed by atoms with Crippen LogP contribution in [0.3, 0.4) is 0 Å². The highest BCUT2D eigenvalue weighted by atomic mass is 35.5. The summed E-state index contributed by atoms with van der Waals surface area (Å²) >= 11 is 5.82. The third kappa shape index (κ3) is 2.24. The molecule has 17 heavy (non-hydrogen) atoms. The van der Waals surface area contributed by atoms with Gasteiger partial charge in [0.15, 0.2) is 5.65 Å². The average Bonchev–Trinajstić information content (AvgIpc) is 2.73. The van der Waals surface area contributed by atoms with Crippen molar-refractivity contribution >= 4 is 22.8 Å². The molecule has 2 aromatic rings. The summed E-state index contributed by atoms with van der Waals surface area (Å²) in [6.07, 6.45) is 3.19. The van der Waals surface area contributed by atoms with Crippen LogP contribution < -0.4 is 0 Å². The first-order valence-corrected chi connectivity index (χ1v) is 5.74. The Morgan fingerprint density at radius 3 is 3.18 bits per heavy atom. The second kappa shape index (κ2) is 4.56. The van der Waals surface area contributed by atoms with Crippen LogP contribution in [0.25, 0.3) is 11.2 Å². The van der Waals surface area contributed by atoms with E-state index >= 15 is 0 Å². The van der Waals surface area contributed by atoms with Gasteiger partial charge >= 0.3 is 0 Å². The van der Waals surface area contributed by atoms with Crippen molar-refractivity contribution in [3.8, 4) is 0 Å². The molecule has 0 aliphatic carbocycles. The van der Waals surface area contributed by atoms with Crippen LogP contribution in [0.5, 0.6) is 0 Å². The average molecular weight is 255 g/mol. The quantitative estimate of drug-likeness (QED) is 0.797. The second-order valence-corrected chi connectivity index (χ2v) is 4.18. The molecule has 0 aromatic carbocycles. The van der Waals surface area contributed by atoms with Crippen molar-refractivity contribution in [2.75, 3.05) is 19.8 Å². The van der Waals surface area contributed by atoms with E-state index in [4.69, 9.17) is 21.1 Å². The summed E-state index contributed by atoms with van der Waals surface area (Å²) in [4.78, 5) is 8.35. The van der Waals surface area contributed by atoms with E-state index in [0.717, 1.165) is 5.52 Å². The number of hydrogen-bond acceptors (Lipinski definition) is 5. The smallest absolute Gasteiger partial charge is 0.178 e. The van der Waals surface area contributed by atoms with Crippen LogP contribution in [0.4, 0.5) is 0 Å². The Labute approximate surface area is 103 Å². The van der Waals surface area contributed by atoms with Crippen LogP contribution >= 0.6 is 11.6 Å². The van der Waals surface area contributed by atoms with E-state index in [0.29, 0.717) is 37.2 Å². The van der Waals surface area contributed by atoms with Crippen molar-refractivity contribution < 1.29 is 9.47 Å². The molecule has 1 fully saturated rings. The van der Waals surface area contributed by atoms with Crippen LogP contribution in [-0.2, 0) is 16.0 Å². The highest BCUT2D eigenvalue weighted by Crippen LogP contribution is 2.13. The van der Waals surface area contributed by atoms with Gasteiger partial charge in [-0.15, -0.1) is 0 Å². The van der Waals surface area contributed by atoms with Crippen LogP contribution in [0.15, 0.2) is 12.4 Å². The first kappa shape index (κ1) is 10.9. The zero-order valence-electron chi connectivity index (χ0n) is 9.04. The summed E-state index contributed by atoms with van der Waals surface area (Å²) in [6, 6.07) is 0. The van der Waals surface area contributed by atoms with Crippen molar-refractivity contribution in [1.82, 2.24) is 19.7 Å². The molecule has 0 amide bonds. The Hall–Kier alpha value is -1.24. The largest absolute Gasteiger partial charge is 0.376 e. The zero-order valence-corrected chi connectivity index (χ0v) is 9.80. The second-order valence-electron chi connectivity index (χ2n) is 3.80. The van der Waals surface area contributed by atoms with E-state index in [1.807, 2.05) is 0 Å². The molecular weight excluding hydrogens is 244 g/mol. The molecule has 1 atom stereocenters. The molecule has 0 spiro atoms. The first-order chi connectivity index (χ1) is 8.33. The van der Waals surface area contributed by atoms with E-state index in [9.17, 15) is 0 Å². The third-order valence-electron chi connectivity index (χ3n) is 2.58. The molecule has 90 valence electrons. The van der Waals surface area contributed by atoms with E-state index < -0.39 is 0 Å². The van der Waals surface area contributed by atoms with Crippen molar-refractivity contribution in [2.24, 2.45) is 0 Å². The van der Waals surface area contributed by atoms with Gasteiger partial charge in [0.1, 0.15) is 16.8 Å². The lowest BCUT2D eigenvalue weighted by atomic mass is 10.3. The van der Waals surface area contributed by atoms with Gasteiger partial charge in [-0.3, -0.25) is 0 Å². The number of ether oxygens (including phenoxy) is 2. The standard InChI is InChI=1S/C10H11ClN4O2/c11-9-4-12-8-3-13-15(10(8)14-9)5-7-6-16-1-2-17-7/h3-4,7H,1-2,5-6H2/t7-/m0/s1. The summed E-state index contributed by atoms with van der Waals surface area (Å²) in [6.45, 7) is 2.45. The molecule has 1 aliphatic rings. The van der Waals surface area contributed by atoms with Crippen molar-refractivity contribution in [3.05, 3.63) is 17.5 Å². The van der Waals surface area contributed by atoms with Gasteiger partial charge in [0.05, 0.1) is 38.8 Å². The molecule has 0 N–H and O–H groups in total. The van der Waals surface area contributed by atoms with Gasteiger partial charge in [-0.25, -0.2) is 14.6 Å². The van der Waals surface area contributed by atoms with Gasteiger partial charge < -0.3 is 9.47 Å². The van der Waals surface area contributed by atoms with Gasteiger partial charge in [-0.2, -0.15) is 5.10 Å². The number of fused-ring (bicyclic) bond motifs is 1. The van der Waals surface area contributed by atoms with Crippen LogP contribution in [0, 0.1) is 0 Å². The summed E-state index contributed by atoms with van der Waals surface area (Å²) in [7, 11) is 0. The Kier molecular flexibility index (Phi) is 2.92. The van der Waals surface area contributed by atoms with Gasteiger partial charge in [0.25, 0.3) is 0 Å². The van der Waals surface area contributed by atoms with Crippen LogP contribution in [-0.4, -0.2) is 45.7 Å². The third-order valence-corrected chi connectivity index (χ3v) is 2.76. The minimum atomic E-state index is 0.00707. The molecule has 3 heterocycles. The Balaban J connectivity index is 1.86. The molecule has 3 rings (SSSR count). The molecule has 2 aromatic heterocycles. The number of hydrogen-bond donors (Lipinski definition) is 0. The Morgan fingerprint density at radius 1 is 1.41 bits per heavy atom. The summed E-state index contributed by atoms with van der Waals surface area (Å²) in [5.74, 6) is 0. The van der Waals surface area contributed by atoms with E-state index in [2.05, 4.69) is 15.1 Å². The Morgan fingerprint density at radius 2 is 2.35 bits per heavy atom. The predicted molar refractivity (Wildman–Crippen MR) is 60.9 cm³/mol. The van der Waals surface area contributed by atoms with Crippen molar-refractivity contribution in [1.29, 1.82) is 0 Å². The maximum absolute atomic E-state index is 5.82. The lowest BCUT2D eigenvalue weighted by Gasteiger charge is -2.22. The molecular formula is C10H11ClN4O2. The summed E-state index contributed by atoms with van der Waals surface area (Å²) in [5, 5.41) is 4.59. The van der Waals surface area contributed by atoms with E-state index in [-0.39, 0.29) is 6.10 Å². The van der Waals surface area contributed by atoms with Gasteiger partial charge in [0, 0.05) is 0 Å². The van der Waals surface area contributed by atoms with Crippen LogP contribution in [0.2, 0.25) is 5.15 Å². The highest BCUT2D eigenvalue weighted by molar-refractivity contribution is 6.29. The minimum Gasteiger partial charge on any atom is -0.376 e. The maximum atomic E-state index is 5.82. The predicted octanol–water partition coefficient (Wildman–Crippen LogP) is 0.895. The number of halogens is 1.